The fraction of sp³-hybridized carbons (Fsp3) is 0.467. The molecule has 0 aliphatic carbocycles. The lowest BCUT2D eigenvalue weighted by molar-refractivity contribution is 0.0925. The maximum absolute atomic E-state index is 12.3. The van der Waals surface area contributed by atoms with Crippen molar-refractivity contribution in [2.24, 2.45) is 0 Å². The van der Waals surface area contributed by atoms with Gasteiger partial charge in [-0.2, -0.15) is 5.10 Å². The Kier molecular flexibility index (Phi) is 4.06. The van der Waals surface area contributed by atoms with Crippen molar-refractivity contribution in [3.63, 3.8) is 0 Å². The van der Waals surface area contributed by atoms with E-state index in [9.17, 15) is 4.79 Å². The minimum Gasteiger partial charge on any atom is -0.352 e. The first-order chi connectivity index (χ1) is 10.5. The molecular formula is C15H19N5OS. The van der Waals surface area contributed by atoms with Crippen molar-refractivity contribution in [1.29, 1.82) is 0 Å². The van der Waals surface area contributed by atoms with Crippen LogP contribution in [0.2, 0.25) is 0 Å². The second-order valence-electron chi connectivity index (χ2n) is 5.85. The van der Waals surface area contributed by atoms with E-state index in [4.69, 9.17) is 12.2 Å². The van der Waals surface area contributed by atoms with Gasteiger partial charge < -0.3 is 10.3 Å². The molecule has 22 heavy (non-hydrogen) atoms. The molecule has 0 saturated carbocycles. The first kappa shape index (κ1) is 14.9. The molecule has 116 valence electrons. The summed E-state index contributed by atoms with van der Waals surface area (Å²) in [6.45, 7) is 4.82. The van der Waals surface area contributed by atoms with Gasteiger partial charge in [-0.15, -0.1) is 0 Å². The highest BCUT2D eigenvalue weighted by Crippen LogP contribution is 2.17. The number of hydrogen-bond acceptors (Lipinski definition) is 4. The summed E-state index contributed by atoms with van der Waals surface area (Å²) in [5, 5.41) is 7.57. The van der Waals surface area contributed by atoms with E-state index in [0.29, 0.717) is 22.7 Å². The Balaban J connectivity index is 1.71. The third-order valence-corrected chi connectivity index (χ3v) is 4.13. The molecule has 2 aromatic heterocycles. The van der Waals surface area contributed by atoms with Gasteiger partial charge in [-0.05, 0) is 18.6 Å². The molecule has 1 aliphatic heterocycles. The summed E-state index contributed by atoms with van der Waals surface area (Å²) in [7, 11) is 0. The average Bonchev–Trinajstić information content (AvgIpc) is 2.91. The zero-order valence-electron chi connectivity index (χ0n) is 12.7. The SMILES string of the molecule is CC(C)c1nc2n(n1)C[C@H](NC(=O)c1ccc[nH]c1=S)CC2. The molecule has 0 aromatic carbocycles. The highest BCUT2D eigenvalue weighted by Gasteiger charge is 2.24. The Labute approximate surface area is 134 Å². The fourth-order valence-corrected chi connectivity index (χ4v) is 2.78. The lowest BCUT2D eigenvalue weighted by Gasteiger charge is -2.23. The molecule has 7 heteroatoms. The summed E-state index contributed by atoms with van der Waals surface area (Å²) < 4.78 is 2.37. The minimum absolute atomic E-state index is 0.0521. The van der Waals surface area contributed by atoms with E-state index in [1.807, 2.05) is 4.68 Å². The topological polar surface area (TPSA) is 75.6 Å². The Hall–Kier alpha value is -2.02. The van der Waals surface area contributed by atoms with E-state index in [0.717, 1.165) is 24.5 Å². The van der Waals surface area contributed by atoms with Crippen LogP contribution >= 0.6 is 12.2 Å². The second-order valence-corrected chi connectivity index (χ2v) is 6.25. The van der Waals surface area contributed by atoms with E-state index in [1.165, 1.54) is 0 Å². The van der Waals surface area contributed by atoms with Gasteiger partial charge in [0.15, 0.2) is 5.82 Å². The maximum atomic E-state index is 12.3. The van der Waals surface area contributed by atoms with Crippen molar-refractivity contribution in [3.05, 3.63) is 40.2 Å². The molecule has 0 spiro atoms. The summed E-state index contributed by atoms with van der Waals surface area (Å²) in [6.07, 6.45) is 3.41. The van der Waals surface area contributed by atoms with Crippen LogP contribution in [-0.2, 0) is 13.0 Å². The van der Waals surface area contributed by atoms with Gasteiger partial charge >= 0.3 is 0 Å². The predicted octanol–water partition coefficient (Wildman–Crippen LogP) is 2.20. The average molecular weight is 317 g/mol. The first-order valence-electron chi connectivity index (χ1n) is 7.47. The van der Waals surface area contributed by atoms with Crippen molar-refractivity contribution >= 4 is 18.1 Å². The van der Waals surface area contributed by atoms with Crippen LogP contribution < -0.4 is 5.32 Å². The highest BCUT2D eigenvalue weighted by atomic mass is 32.1. The number of carbonyl (C=O) groups excluding carboxylic acids is 1. The van der Waals surface area contributed by atoms with Crippen LogP contribution in [0.1, 0.15) is 48.2 Å². The van der Waals surface area contributed by atoms with Gasteiger partial charge in [0.05, 0.1) is 12.1 Å². The molecule has 0 bridgehead atoms. The van der Waals surface area contributed by atoms with Crippen LogP contribution in [0.3, 0.4) is 0 Å². The Morgan fingerprint density at radius 3 is 3.09 bits per heavy atom. The van der Waals surface area contributed by atoms with Crippen LogP contribution in [0.15, 0.2) is 18.3 Å². The molecule has 2 aromatic rings. The Morgan fingerprint density at radius 2 is 2.36 bits per heavy atom. The number of pyridine rings is 1. The molecule has 1 aliphatic rings. The molecule has 1 atom stereocenters. The number of hydrogen-bond donors (Lipinski definition) is 2. The van der Waals surface area contributed by atoms with Crippen LogP contribution in [0, 0.1) is 4.64 Å². The van der Waals surface area contributed by atoms with E-state index >= 15 is 0 Å². The lowest BCUT2D eigenvalue weighted by atomic mass is 10.1. The van der Waals surface area contributed by atoms with Gasteiger partial charge in [-0.3, -0.25) is 4.79 Å². The first-order valence-corrected chi connectivity index (χ1v) is 7.87. The van der Waals surface area contributed by atoms with Crippen molar-refractivity contribution < 1.29 is 4.79 Å². The largest absolute Gasteiger partial charge is 0.352 e. The number of nitrogens with one attached hydrogen (secondary N) is 2. The molecule has 0 radical (unpaired) electrons. The number of rotatable bonds is 3. The van der Waals surface area contributed by atoms with Gasteiger partial charge in [-0.25, -0.2) is 9.67 Å². The summed E-state index contributed by atoms with van der Waals surface area (Å²) in [5.74, 6) is 2.05. The van der Waals surface area contributed by atoms with E-state index in [-0.39, 0.29) is 11.9 Å². The van der Waals surface area contributed by atoms with E-state index < -0.39 is 0 Å². The van der Waals surface area contributed by atoms with Crippen LogP contribution in [-0.4, -0.2) is 31.7 Å². The molecule has 0 fully saturated rings. The molecular weight excluding hydrogens is 298 g/mol. The third kappa shape index (κ3) is 2.94. The van der Waals surface area contributed by atoms with Crippen molar-refractivity contribution in [2.45, 2.75) is 45.2 Å². The highest BCUT2D eigenvalue weighted by molar-refractivity contribution is 7.71. The minimum atomic E-state index is -0.139. The third-order valence-electron chi connectivity index (χ3n) is 3.79. The number of carbonyl (C=O) groups is 1. The molecule has 6 nitrogen and oxygen atoms in total. The molecule has 0 saturated heterocycles. The van der Waals surface area contributed by atoms with Crippen molar-refractivity contribution in [3.8, 4) is 0 Å². The number of nitrogens with zero attached hydrogens (tertiary/aromatic N) is 3. The van der Waals surface area contributed by atoms with Crippen LogP contribution in [0.25, 0.3) is 0 Å². The van der Waals surface area contributed by atoms with E-state index in [2.05, 4.69) is 34.2 Å². The summed E-state index contributed by atoms with van der Waals surface area (Å²) in [6, 6.07) is 3.56. The maximum Gasteiger partial charge on any atom is 0.254 e. The summed E-state index contributed by atoms with van der Waals surface area (Å²) >= 11 is 5.15. The predicted molar refractivity (Wildman–Crippen MR) is 85.3 cm³/mol. The molecule has 3 heterocycles. The fourth-order valence-electron chi connectivity index (χ4n) is 2.55. The van der Waals surface area contributed by atoms with Crippen LogP contribution in [0.4, 0.5) is 0 Å². The summed E-state index contributed by atoms with van der Waals surface area (Å²) in [4.78, 5) is 19.7. The standard InChI is InChI=1S/C15H19N5OS/c1-9(2)13-18-12-6-5-10(8-20(12)19-13)17-14(21)11-4-3-7-16-15(11)22/h3-4,7,9-10H,5-6,8H2,1-2H3,(H,16,22)(H,17,21)/t10-/m1/s1. The van der Waals surface area contributed by atoms with Gasteiger partial charge in [0.1, 0.15) is 10.5 Å². The lowest BCUT2D eigenvalue weighted by Crippen LogP contribution is -2.41. The smallest absolute Gasteiger partial charge is 0.254 e. The van der Waals surface area contributed by atoms with Gasteiger partial charge in [0, 0.05) is 24.6 Å². The quantitative estimate of drug-likeness (QED) is 0.851. The molecule has 3 rings (SSSR count). The van der Waals surface area contributed by atoms with Gasteiger partial charge in [-0.1, -0.05) is 26.1 Å². The zero-order chi connectivity index (χ0) is 15.7. The number of aromatic amines is 1. The van der Waals surface area contributed by atoms with Crippen molar-refractivity contribution in [1.82, 2.24) is 25.1 Å². The number of amides is 1. The number of aryl methyl sites for hydroxylation is 1. The Bertz CT molecular complexity index is 748. The monoisotopic (exact) mass is 317 g/mol. The number of H-pyrrole nitrogens is 1. The number of fused-ring (bicyclic) bond motifs is 1. The van der Waals surface area contributed by atoms with Gasteiger partial charge in [0.2, 0.25) is 0 Å². The van der Waals surface area contributed by atoms with Crippen LogP contribution in [0.5, 0.6) is 0 Å². The Morgan fingerprint density at radius 1 is 1.55 bits per heavy atom. The van der Waals surface area contributed by atoms with Gasteiger partial charge in [0.25, 0.3) is 5.91 Å². The number of aromatic nitrogens is 4. The second kappa shape index (κ2) is 6.00. The summed E-state index contributed by atoms with van der Waals surface area (Å²) in [5.41, 5.74) is 0.504. The van der Waals surface area contributed by atoms with Crippen molar-refractivity contribution in [2.75, 3.05) is 0 Å². The molecule has 2 N–H and O–H groups in total. The zero-order valence-corrected chi connectivity index (χ0v) is 13.5. The molecule has 1 amide bonds. The normalized spacial score (nSPS) is 17.3. The van der Waals surface area contributed by atoms with E-state index in [1.54, 1.807) is 18.3 Å². The molecule has 0 unspecified atom stereocenters.